The number of nitrogens with zero attached hydrogens (tertiary/aromatic N) is 2. The Bertz CT molecular complexity index is 3460. The Balaban J connectivity index is 1.09. The van der Waals surface area contributed by atoms with Crippen LogP contribution in [0.1, 0.15) is 6.85 Å². The van der Waals surface area contributed by atoms with Crippen molar-refractivity contribution in [3.8, 4) is 33.6 Å². The number of para-hydroxylation sites is 2. The molecule has 0 aliphatic rings. The quantitative estimate of drug-likeness (QED) is 0.182. The first-order valence-electron chi connectivity index (χ1n) is 19.6. The highest BCUT2D eigenvalue weighted by molar-refractivity contribution is 6.15. The van der Waals surface area contributed by atoms with Crippen LogP contribution in [0.5, 0.6) is 0 Å². The van der Waals surface area contributed by atoms with E-state index in [0.717, 1.165) is 71.5 Å². The zero-order valence-corrected chi connectivity index (χ0v) is 27.5. The maximum absolute atomic E-state index is 13.9. The van der Waals surface area contributed by atoms with Gasteiger partial charge in [0.05, 0.1) is 28.9 Å². The van der Waals surface area contributed by atoms with Gasteiger partial charge in [0.25, 0.3) is 0 Å². The second kappa shape index (κ2) is 11.0. The topological polar surface area (TPSA) is 23.0 Å². The van der Waals surface area contributed by atoms with Gasteiger partial charge >= 0.3 is 0 Å². The normalized spacial score (nSPS) is 13.3. The zero-order chi connectivity index (χ0) is 38.7. The summed E-state index contributed by atoms with van der Waals surface area (Å²) in [5.74, 6) is -0.268. The predicted molar refractivity (Wildman–Crippen MR) is 213 cm³/mol. The summed E-state index contributed by atoms with van der Waals surface area (Å²) in [6.45, 7) is 0. The Hall–Kier alpha value is -6.91. The molecule has 0 spiro atoms. The summed E-state index contributed by atoms with van der Waals surface area (Å²) in [6.07, 6.45) is 0. The molecule has 0 unspecified atom stereocenters. The molecule has 0 saturated carbocycles. The van der Waals surface area contributed by atoms with Crippen molar-refractivity contribution in [1.82, 2.24) is 9.13 Å². The third kappa shape index (κ3) is 4.25. The molecule has 0 fully saturated rings. The van der Waals surface area contributed by atoms with E-state index in [0.29, 0.717) is 22.1 Å². The number of hydrogen-bond donors (Lipinski definition) is 0. The number of furan rings is 1. The van der Waals surface area contributed by atoms with Crippen molar-refractivity contribution >= 4 is 65.6 Å². The lowest BCUT2D eigenvalue weighted by molar-refractivity contribution is 0.627. The van der Waals surface area contributed by atoms with Crippen LogP contribution in [0, 0.1) is 5.82 Å². The third-order valence-corrected chi connectivity index (χ3v) is 10.3. The number of aromatic nitrogens is 2. The predicted octanol–water partition coefficient (Wildman–Crippen LogP) is 13.3. The Labute approximate surface area is 305 Å². The van der Waals surface area contributed by atoms with Gasteiger partial charge in [-0.05, 0) is 107 Å². The molecule has 52 heavy (non-hydrogen) atoms. The summed E-state index contributed by atoms with van der Waals surface area (Å²) in [4.78, 5) is 0. The summed E-state index contributed by atoms with van der Waals surface area (Å²) in [5, 5.41) is 5.88. The highest BCUT2D eigenvalue weighted by Gasteiger charge is 2.18. The van der Waals surface area contributed by atoms with E-state index >= 15 is 0 Å². The SMILES string of the molecule is [2H]c1c([2H])c([2H])c(-c2cccc3oc4ccc(-n5c6ccccc6c6cc(-c7ccc8c(c7)c7ccccc7n8-c7ccc(F)cc7)ccc65)cc4c23)c([2H])c1[2H]. The van der Waals surface area contributed by atoms with Gasteiger partial charge in [0.1, 0.15) is 17.0 Å². The Morgan fingerprint density at radius 1 is 0.442 bits per heavy atom. The molecule has 8 aromatic carbocycles. The maximum atomic E-state index is 13.9. The summed E-state index contributed by atoms with van der Waals surface area (Å²) < 4.78 is 66.9. The molecule has 3 aromatic heterocycles. The number of benzene rings is 8. The van der Waals surface area contributed by atoms with Gasteiger partial charge in [-0.25, -0.2) is 4.39 Å². The lowest BCUT2D eigenvalue weighted by Gasteiger charge is -2.10. The molecule has 3 heterocycles. The van der Waals surface area contributed by atoms with E-state index in [1.807, 2.05) is 54.6 Å². The molecular weight excluding hydrogens is 640 g/mol. The Kier molecular flexibility index (Phi) is 5.16. The summed E-state index contributed by atoms with van der Waals surface area (Å²) >= 11 is 0. The van der Waals surface area contributed by atoms with Crippen LogP contribution < -0.4 is 0 Å². The minimum Gasteiger partial charge on any atom is -0.456 e. The first kappa shape index (κ1) is 24.3. The minimum absolute atomic E-state index is 0.141. The van der Waals surface area contributed by atoms with Crippen LogP contribution in [-0.4, -0.2) is 9.13 Å². The van der Waals surface area contributed by atoms with Gasteiger partial charge in [0.2, 0.25) is 0 Å². The van der Waals surface area contributed by atoms with E-state index in [1.54, 1.807) is 12.1 Å². The molecule has 0 atom stereocenters. The van der Waals surface area contributed by atoms with E-state index in [4.69, 9.17) is 11.3 Å². The van der Waals surface area contributed by atoms with Crippen molar-refractivity contribution in [1.29, 1.82) is 0 Å². The molecule has 11 rings (SSSR count). The van der Waals surface area contributed by atoms with E-state index in [1.165, 1.54) is 12.1 Å². The molecule has 244 valence electrons. The fraction of sp³-hybridized carbons (Fsp3) is 0. The Morgan fingerprint density at radius 2 is 1.04 bits per heavy atom. The van der Waals surface area contributed by atoms with Crippen molar-refractivity contribution in [3.05, 3.63) is 182 Å². The number of fused-ring (bicyclic) bond motifs is 9. The second-order valence-corrected chi connectivity index (χ2v) is 13.1. The Morgan fingerprint density at radius 3 is 1.71 bits per heavy atom. The number of rotatable bonds is 4. The number of halogens is 1. The van der Waals surface area contributed by atoms with Gasteiger partial charge in [0, 0.05) is 43.7 Å². The average Bonchev–Trinajstić information content (AvgIpc) is 3.90. The standard InChI is InChI=1S/C48H29FN2O/c49-33-19-21-34(22-20-33)50-42-14-6-4-11-37(42)39-27-31(17-24-44(39)50)32-18-25-45-40(28-32)38-12-5-7-15-43(38)51(45)35-23-26-46-41(29-35)48-36(13-8-16-47(48)52-46)30-9-2-1-3-10-30/h1-29H/i1D,2D,3D,9D,10D. The molecule has 0 aliphatic heterocycles. The van der Waals surface area contributed by atoms with Crippen molar-refractivity contribution in [2.24, 2.45) is 0 Å². The van der Waals surface area contributed by atoms with Crippen LogP contribution in [0.15, 0.2) is 180 Å². The monoisotopic (exact) mass is 673 g/mol. The molecule has 4 heteroatoms. The van der Waals surface area contributed by atoms with E-state index < -0.39 is 6.04 Å². The van der Waals surface area contributed by atoms with Gasteiger partial charge < -0.3 is 13.6 Å². The van der Waals surface area contributed by atoms with Crippen LogP contribution in [0.25, 0.3) is 99.2 Å². The summed E-state index contributed by atoms with van der Waals surface area (Å²) in [7, 11) is 0. The van der Waals surface area contributed by atoms with Crippen LogP contribution in [0.2, 0.25) is 0 Å². The minimum atomic E-state index is -0.426. The largest absolute Gasteiger partial charge is 0.456 e. The molecule has 0 saturated heterocycles. The fourth-order valence-corrected chi connectivity index (χ4v) is 8.00. The zero-order valence-electron chi connectivity index (χ0n) is 32.5. The first-order valence-corrected chi connectivity index (χ1v) is 17.1. The maximum Gasteiger partial charge on any atom is 0.136 e. The molecule has 0 aliphatic carbocycles. The molecule has 0 radical (unpaired) electrons. The van der Waals surface area contributed by atoms with Crippen molar-refractivity contribution in [2.75, 3.05) is 0 Å². The van der Waals surface area contributed by atoms with E-state index in [9.17, 15) is 4.39 Å². The van der Waals surface area contributed by atoms with Crippen LogP contribution in [-0.2, 0) is 0 Å². The fourth-order valence-electron chi connectivity index (χ4n) is 8.00. The lowest BCUT2D eigenvalue weighted by Crippen LogP contribution is -1.94. The summed E-state index contributed by atoms with van der Waals surface area (Å²) in [6, 6.07) is 46.1. The molecule has 0 bridgehead atoms. The van der Waals surface area contributed by atoms with Crippen LogP contribution >= 0.6 is 0 Å². The van der Waals surface area contributed by atoms with Crippen LogP contribution in [0.4, 0.5) is 4.39 Å². The highest BCUT2D eigenvalue weighted by atomic mass is 19.1. The smallest absolute Gasteiger partial charge is 0.136 e. The van der Waals surface area contributed by atoms with Gasteiger partial charge in [-0.3, -0.25) is 0 Å². The lowest BCUT2D eigenvalue weighted by atomic mass is 9.99. The van der Waals surface area contributed by atoms with Gasteiger partial charge in [-0.1, -0.05) is 90.9 Å². The average molecular weight is 674 g/mol. The molecular formula is C48H29FN2O. The number of hydrogen-bond acceptors (Lipinski definition) is 1. The van der Waals surface area contributed by atoms with Gasteiger partial charge in [0.15, 0.2) is 0 Å². The molecule has 3 nitrogen and oxygen atoms in total. The molecule has 11 aromatic rings. The van der Waals surface area contributed by atoms with E-state index in [-0.39, 0.29) is 35.6 Å². The summed E-state index contributed by atoms with van der Waals surface area (Å²) in [5.41, 5.74) is 9.95. The van der Waals surface area contributed by atoms with Crippen molar-refractivity contribution < 1.29 is 15.7 Å². The van der Waals surface area contributed by atoms with E-state index in [2.05, 4.69) is 75.9 Å². The third-order valence-electron chi connectivity index (χ3n) is 10.3. The first-order chi connectivity index (χ1) is 27.8. The van der Waals surface area contributed by atoms with Crippen molar-refractivity contribution in [3.63, 3.8) is 0 Å². The molecule has 0 amide bonds. The molecule has 0 N–H and O–H groups in total. The second-order valence-electron chi connectivity index (χ2n) is 13.1. The van der Waals surface area contributed by atoms with Crippen LogP contribution in [0.3, 0.4) is 0 Å². The van der Waals surface area contributed by atoms with Gasteiger partial charge in [-0.2, -0.15) is 0 Å². The highest BCUT2D eigenvalue weighted by Crippen LogP contribution is 2.41. The van der Waals surface area contributed by atoms with Gasteiger partial charge in [-0.15, -0.1) is 0 Å². The van der Waals surface area contributed by atoms with Crippen molar-refractivity contribution in [2.45, 2.75) is 0 Å².